The molecular weight excluding hydrogens is 374 g/mol. The minimum absolute atomic E-state index is 0.279. The van der Waals surface area contributed by atoms with Gasteiger partial charge in [0.15, 0.2) is 0 Å². The number of benzene rings is 2. The Hall–Kier alpha value is -2.63. The van der Waals surface area contributed by atoms with Crippen LogP contribution in [-0.4, -0.2) is 38.5 Å². The molecule has 2 aromatic carbocycles. The lowest BCUT2D eigenvalue weighted by Crippen LogP contribution is -2.37. The summed E-state index contributed by atoms with van der Waals surface area (Å²) >= 11 is 0. The van der Waals surface area contributed by atoms with Crippen molar-refractivity contribution in [3.05, 3.63) is 65.7 Å². The number of hydrogen-bond donors (Lipinski definition) is 1. The SMILES string of the molecule is CC[C@@H](O)CN(Cc1c(-c2ccccc2)nn(C)c1Oc1cccc(C)c1)C(C)C. The fourth-order valence-electron chi connectivity index (χ4n) is 3.50. The summed E-state index contributed by atoms with van der Waals surface area (Å²) in [6.07, 6.45) is 0.374. The zero-order chi connectivity index (χ0) is 21.7. The zero-order valence-corrected chi connectivity index (χ0v) is 18.7. The van der Waals surface area contributed by atoms with Crippen molar-refractivity contribution in [1.29, 1.82) is 0 Å². The summed E-state index contributed by atoms with van der Waals surface area (Å²) in [5.74, 6) is 1.53. The first-order valence-corrected chi connectivity index (χ1v) is 10.7. The number of hydrogen-bond acceptors (Lipinski definition) is 4. The van der Waals surface area contributed by atoms with Crippen molar-refractivity contribution in [1.82, 2.24) is 14.7 Å². The Morgan fingerprint density at radius 1 is 1.10 bits per heavy atom. The Balaban J connectivity index is 2.04. The van der Waals surface area contributed by atoms with E-state index in [9.17, 15) is 5.11 Å². The minimum Gasteiger partial charge on any atom is -0.439 e. The summed E-state index contributed by atoms with van der Waals surface area (Å²) in [4.78, 5) is 2.28. The molecule has 5 heteroatoms. The van der Waals surface area contributed by atoms with E-state index in [1.807, 2.05) is 55.1 Å². The average Bonchev–Trinajstić information content (AvgIpc) is 3.03. The van der Waals surface area contributed by atoms with E-state index in [1.165, 1.54) is 0 Å². The van der Waals surface area contributed by atoms with Gasteiger partial charge < -0.3 is 9.84 Å². The van der Waals surface area contributed by atoms with Gasteiger partial charge in [-0.05, 0) is 44.9 Å². The van der Waals surface area contributed by atoms with E-state index in [4.69, 9.17) is 9.84 Å². The molecule has 0 amide bonds. The third kappa shape index (κ3) is 5.29. The molecule has 3 aromatic rings. The fourth-order valence-corrected chi connectivity index (χ4v) is 3.50. The third-order valence-corrected chi connectivity index (χ3v) is 5.35. The summed E-state index contributed by atoms with van der Waals surface area (Å²) in [6, 6.07) is 18.5. The molecule has 3 rings (SSSR count). The smallest absolute Gasteiger partial charge is 0.222 e. The monoisotopic (exact) mass is 407 g/mol. The van der Waals surface area contributed by atoms with Gasteiger partial charge in [0, 0.05) is 31.7 Å². The van der Waals surface area contributed by atoms with E-state index in [-0.39, 0.29) is 12.1 Å². The van der Waals surface area contributed by atoms with E-state index in [2.05, 4.69) is 43.9 Å². The summed E-state index contributed by atoms with van der Waals surface area (Å²) < 4.78 is 8.16. The summed E-state index contributed by atoms with van der Waals surface area (Å²) in [7, 11) is 1.92. The van der Waals surface area contributed by atoms with Crippen molar-refractivity contribution in [3.8, 4) is 22.9 Å². The maximum atomic E-state index is 10.3. The van der Waals surface area contributed by atoms with Crippen molar-refractivity contribution < 1.29 is 9.84 Å². The molecule has 1 aromatic heterocycles. The van der Waals surface area contributed by atoms with Gasteiger partial charge in [-0.2, -0.15) is 5.10 Å². The van der Waals surface area contributed by atoms with E-state index in [1.54, 1.807) is 0 Å². The van der Waals surface area contributed by atoms with Gasteiger partial charge in [0.2, 0.25) is 5.88 Å². The van der Waals surface area contributed by atoms with Crippen LogP contribution in [0.5, 0.6) is 11.6 Å². The van der Waals surface area contributed by atoms with Crippen molar-refractivity contribution in [2.24, 2.45) is 7.05 Å². The minimum atomic E-state index is -0.356. The Labute approximate surface area is 179 Å². The molecule has 0 aliphatic rings. The molecule has 1 heterocycles. The maximum Gasteiger partial charge on any atom is 0.222 e. The van der Waals surface area contributed by atoms with Gasteiger partial charge >= 0.3 is 0 Å². The second-order valence-corrected chi connectivity index (χ2v) is 8.13. The number of aliphatic hydroxyl groups excluding tert-OH is 1. The van der Waals surface area contributed by atoms with Crippen LogP contribution >= 0.6 is 0 Å². The number of nitrogens with zero attached hydrogens (tertiary/aromatic N) is 3. The van der Waals surface area contributed by atoms with Crippen LogP contribution in [0.2, 0.25) is 0 Å². The average molecular weight is 408 g/mol. The molecule has 5 nitrogen and oxygen atoms in total. The van der Waals surface area contributed by atoms with E-state index >= 15 is 0 Å². The van der Waals surface area contributed by atoms with Crippen molar-refractivity contribution in [2.75, 3.05) is 6.54 Å². The van der Waals surface area contributed by atoms with Crippen molar-refractivity contribution in [2.45, 2.75) is 52.8 Å². The second kappa shape index (κ2) is 9.92. The van der Waals surface area contributed by atoms with E-state index in [0.717, 1.165) is 40.4 Å². The molecule has 0 spiro atoms. The highest BCUT2D eigenvalue weighted by Crippen LogP contribution is 2.34. The molecule has 0 radical (unpaired) electrons. The highest BCUT2D eigenvalue weighted by molar-refractivity contribution is 5.65. The van der Waals surface area contributed by atoms with Crippen molar-refractivity contribution >= 4 is 0 Å². The molecule has 1 atom stereocenters. The zero-order valence-electron chi connectivity index (χ0n) is 18.7. The summed E-state index contributed by atoms with van der Waals surface area (Å²) in [5.41, 5.74) is 4.15. The summed E-state index contributed by atoms with van der Waals surface area (Å²) in [6.45, 7) is 9.63. The first kappa shape index (κ1) is 22.1. The first-order valence-electron chi connectivity index (χ1n) is 10.7. The van der Waals surface area contributed by atoms with Gasteiger partial charge in [-0.15, -0.1) is 0 Å². The van der Waals surface area contributed by atoms with Crippen LogP contribution in [0.1, 0.15) is 38.3 Å². The predicted molar refractivity (Wildman–Crippen MR) is 122 cm³/mol. The van der Waals surface area contributed by atoms with Crippen LogP contribution in [0.4, 0.5) is 0 Å². The van der Waals surface area contributed by atoms with Crippen LogP contribution in [0.15, 0.2) is 54.6 Å². The number of aromatic nitrogens is 2. The summed E-state index contributed by atoms with van der Waals surface area (Å²) in [5, 5.41) is 15.1. The standard InChI is InChI=1S/C25H33N3O2/c1-6-21(29)16-28(18(2)3)17-23-24(20-12-8-7-9-13-20)26-27(5)25(23)30-22-14-10-11-19(4)15-22/h7-15,18,21,29H,6,16-17H2,1-5H3/t21-/m1/s1. The molecule has 0 fully saturated rings. The molecule has 0 saturated heterocycles. The lowest BCUT2D eigenvalue weighted by Gasteiger charge is -2.28. The van der Waals surface area contributed by atoms with Crippen LogP contribution in [0, 0.1) is 6.92 Å². The highest BCUT2D eigenvalue weighted by atomic mass is 16.5. The molecule has 0 bridgehead atoms. The predicted octanol–water partition coefficient (Wildman–Crippen LogP) is 5.17. The Morgan fingerprint density at radius 2 is 1.83 bits per heavy atom. The molecule has 0 saturated carbocycles. The van der Waals surface area contributed by atoms with Crippen LogP contribution in [-0.2, 0) is 13.6 Å². The van der Waals surface area contributed by atoms with Gasteiger partial charge in [-0.1, -0.05) is 49.4 Å². The normalized spacial score (nSPS) is 12.5. The van der Waals surface area contributed by atoms with E-state index in [0.29, 0.717) is 13.1 Å². The van der Waals surface area contributed by atoms with E-state index < -0.39 is 0 Å². The Bertz CT molecular complexity index is 950. The van der Waals surface area contributed by atoms with Crippen molar-refractivity contribution in [3.63, 3.8) is 0 Å². The third-order valence-electron chi connectivity index (χ3n) is 5.35. The molecule has 160 valence electrons. The number of aryl methyl sites for hydroxylation is 2. The topological polar surface area (TPSA) is 50.5 Å². The van der Waals surface area contributed by atoms with Gasteiger partial charge in [0.05, 0.1) is 11.7 Å². The molecule has 30 heavy (non-hydrogen) atoms. The van der Waals surface area contributed by atoms with Gasteiger partial charge in [0.1, 0.15) is 11.4 Å². The number of rotatable bonds is 9. The number of ether oxygens (including phenoxy) is 1. The Morgan fingerprint density at radius 3 is 2.47 bits per heavy atom. The van der Waals surface area contributed by atoms with Crippen LogP contribution in [0.3, 0.4) is 0 Å². The van der Waals surface area contributed by atoms with Crippen LogP contribution in [0.25, 0.3) is 11.3 Å². The van der Waals surface area contributed by atoms with Gasteiger partial charge in [-0.25, -0.2) is 4.68 Å². The van der Waals surface area contributed by atoms with Gasteiger partial charge in [-0.3, -0.25) is 4.90 Å². The first-order chi connectivity index (χ1) is 14.4. The quantitative estimate of drug-likeness (QED) is 0.532. The fraction of sp³-hybridized carbons (Fsp3) is 0.400. The highest BCUT2D eigenvalue weighted by Gasteiger charge is 2.24. The maximum absolute atomic E-state index is 10.3. The molecular formula is C25H33N3O2. The molecule has 0 aliphatic heterocycles. The second-order valence-electron chi connectivity index (χ2n) is 8.13. The largest absolute Gasteiger partial charge is 0.439 e. The number of aliphatic hydroxyl groups is 1. The Kier molecular flexibility index (Phi) is 7.29. The lowest BCUT2D eigenvalue weighted by molar-refractivity contribution is 0.0878. The molecule has 1 N–H and O–H groups in total. The van der Waals surface area contributed by atoms with Gasteiger partial charge in [0.25, 0.3) is 0 Å². The molecule has 0 aliphatic carbocycles. The molecule has 0 unspecified atom stereocenters. The van der Waals surface area contributed by atoms with Crippen LogP contribution < -0.4 is 4.74 Å². The lowest BCUT2D eigenvalue weighted by atomic mass is 10.1.